The van der Waals surface area contributed by atoms with Crippen LogP contribution in [0.5, 0.6) is 0 Å². The van der Waals surface area contributed by atoms with Gasteiger partial charge in [0.15, 0.2) is 0 Å². The molecule has 0 saturated carbocycles. The molecule has 1 atom stereocenters. The van der Waals surface area contributed by atoms with Gasteiger partial charge in [0.2, 0.25) is 5.56 Å². The number of fused-ring (bicyclic) bond motifs is 2. The van der Waals surface area contributed by atoms with Crippen molar-refractivity contribution in [3.05, 3.63) is 88.5 Å². The van der Waals surface area contributed by atoms with Crippen molar-refractivity contribution in [2.45, 2.75) is 45.4 Å². The predicted molar refractivity (Wildman–Crippen MR) is 167 cm³/mol. The van der Waals surface area contributed by atoms with Gasteiger partial charge in [-0.25, -0.2) is 0 Å². The van der Waals surface area contributed by atoms with E-state index in [2.05, 4.69) is 76.7 Å². The fraction of sp³-hybridized carbons (Fsp3) is 0.312. The maximum Gasteiger partial charge on any atom is 0.250 e. The highest BCUT2D eigenvalue weighted by atomic mass is 32.2. The van der Waals surface area contributed by atoms with Gasteiger partial charge < -0.3 is 24.7 Å². The number of morpholine rings is 1. The van der Waals surface area contributed by atoms with Gasteiger partial charge in [-0.2, -0.15) is 0 Å². The normalized spacial score (nSPS) is 15.2. The Kier molecular flexibility index (Phi) is 8.67. The third kappa shape index (κ3) is 6.48. The first-order valence-electron chi connectivity index (χ1n) is 14.0. The average molecular weight is 587 g/mol. The van der Waals surface area contributed by atoms with Crippen molar-refractivity contribution < 1.29 is 9.47 Å². The Bertz CT molecular complexity index is 1570. The molecule has 1 unspecified atom stereocenters. The van der Waals surface area contributed by atoms with Gasteiger partial charge in [0, 0.05) is 75.6 Å². The number of methoxy groups -OCH3 is 1. The molecule has 4 aromatic rings. The zero-order valence-corrected chi connectivity index (χ0v) is 24.9. The second-order valence-electron chi connectivity index (χ2n) is 10.3. The van der Waals surface area contributed by atoms with Crippen LogP contribution in [0.3, 0.4) is 0 Å². The lowest BCUT2D eigenvalue weighted by Crippen LogP contribution is -2.36. The largest absolute Gasteiger partial charge is 0.385 e. The van der Waals surface area contributed by atoms with Gasteiger partial charge in [-0.05, 0) is 61.7 Å². The van der Waals surface area contributed by atoms with Gasteiger partial charge in [0.25, 0.3) is 0 Å². The van der Waals surface area contributed by atoms with Crippen LogP contribution in [0.2, 0.25) is 0 Å². The number of aromatic amines is 1. The zero-order valence-electron chi connectivity index (χ0n) is 23.3. The molecule has 0 aliphatic carbocycles. The highest BCUT2D eigenvalue weighted by Gasteiger charge is 2.23. The zero-order chi connectivity index (χ0) is 28.2. The topological polar surface area (TPSA) is 79.5 Å². The number of anilines is 2. The number of benzene rings is 2. The molecule has 41 heavy (non-hydrogen) atoms. The van der Waals surface area contributed by atoms with Crippen molar-refractivity contribution in [1.29, 1.82) is 0 Å². The second-order valence-corrected chi connectivity index (χ2v) is 12.4. The minimum atomic E-state index is -0.0886. The third-order valence-corrected chi connectivity index (χ3v) is 9.92. The third-order valence-electron chi connectivity index (χ3n) is 7.32. The Hall–Kier alpha value is -3.24. The average Bonchev–Trinajstić information content (AvgIpc) is 3.00. The first kappa shape index (κ1) is 27.9. The minimum absolute atomic E-state index is 0.0886. The van der Waals surface area contributed by atoms with Crippen molar-refractivity contribution in [3.8, 4) is 11.3 Å². The lowest BCUT2D eigenvalue weighted by molar-refractivity contribution is 0.122. The van der Waals surface area contributed by atoms with Crippen LogP contribution in [0.25, 0.3) is 11.3 Å². The molecule has 0 amide bonds. The number of hydrogen-bond donors (Lipinski definition) is 2. The van der Waals surface area contributed by atoms with E-state index in [1.807, 2.05) is 6.20 Å². The molecule has 2 aliphatic heterocycles. The highest BCUT2D eigenvalue weighted by Crippen LogP contribution is 2.52. The molecule has 2 aromatic carbocycles. The van der Waals surface area contributed by atoms with Gasteiger partial charge in [-0.1, -0.05) is 41.7 Å². The number of rotatable bonds is 9. The Morgan fingerprint density at radius 3 is 2.73 bits per heavy atom. The number of nitrogens with zero attached hydrogens (tertiary/aromatic N) is 2. The van der Waals surface area contributed by atoms with Crippen LogP contribution in [0.4, 0.5) is 11.4 Å². The summed E-state index contributed by atoms with van der Waals surface area (Å²) < 4.78 is 10.8. The highest BCUT2D eigenvalue weighted by molar-refractivity contribution is 8.05. The summed E-state index contributed by atoms with van der Waals surface area (Å²) in [7, 11) is 1.74. The molecule has 0 bridgehead atoms. The van der Waals surface area contributed by atoms with Crippen LogP contribution in [-0.4, -0.2) is 50.0 Å². The van der Waals surface area contributed by atoms with Crippen LogP contribution in [-0.2, 0) is 9.47 Å². The van der Waals surface area contributed by atoms with Gasteiger partial charge in [0.05, 0.1) is 30.6 Å². The summed E-state index contributed by atoms with van der Waals surface area (Å²) in [5.41, 5.74) is 6.01. The van der Waals surface area contributed by atoms with Crippen LogP contribution >= 0.6 is 23.5 Å². The molecule has 7 nitrogen and oxygen atoms in total. The fourth-order valence-electron chi connectivity index (χ4n) is 5.19. The number of H-pyrrole nitrogens is 1. The molecule has 0 spiro atoms. The van der Waals surface area contributed by atoms with Gasteiger partial charge in [-0.15, -0.1) is 0 Å². The monoisotopic (exact) mass is 586 g/mol. The van der Waals surface area contributed by atoms with Crippen molar-refractivity contribution in [3.63, 3.8) is 0 Å². The number of ether oxygens (including phenoxy) is 2. The van der Waals surface area contributed by atoms with Crippen LogP contribution < -0.4 is 15.8 Å². The molecule has 0 radical (unpaired) electrons. The first-order valence-corrected chi connectivity index (χ1v) is 15.6. The molecule has 9 heteroatoms. The predicted octanol–water partition coefficient (Wildman–Crippen LogP) is 6.78. The van der Waals surface area contributed by atoms with E-state index in [1.54, 1.807) is 36.7 Å². The van der Waals surface area contributed by atoms with Crippen LogP contribution in [0.1, 0.15) is 30.1 Å². The van der Waals surface area contributed by atoms with E-state index in [4.69, 9.17) is 14.5 Å². The van der Waals surface area contributed by atoms with E-state index in [1.165, 1.54) is 19.6 Å². The van der Waals surface area contributed by atoms with Gasteiger partial charge >= 0.3 is 0 Å². The summed E-state index contributed by atoms with van der Waals surface area (Å²) in [6, 6.07) is 21.0. The Morgan fingerprint density at radius 1 is 1.05 bits per heavy atom. The lowest BCUT2D eigenvalue weighted by Gasteiger charge is -2.29. The number of pyridine rings is 2. The van der Waals surface area contributed by atoms with Crippen molar-refractivity contribution >= 4 is 34.9 Å². The van der Waals surface area contributed by atoms with Gasteiger partial charge in [0.1, 0.15) is 0 Å². The summed E-state index contributed by atoms with van der Waals surface area (Å²) in [6.07, 6.45) is 3.80. The maximum atomic E-state index is 12.7. The summed E-state index contributed by atoms with van der Waals surface area (Å²) in [5.74, 6) is 0. The Labute approximate surface area is 249 Å². The number of aromatic nitrogens is 2. The van der Waals surface area contributed by atoms with E-state index in [0.29, 0.717) is 13.2 Å². The molecule has 2 aliphatic rings. The standard InChI is InChI=1S/C32H34N4O3S2/c1-21-8-10-25(33-20-21)26(6-4-14-38-2)34-22-9-11-28-30(17-22)40-29-7-3-5-24(32(29)41-28)27-18-23(19-31(37)35-27)36-12-15-39-16-13-36/h3,5,7-11,17-20,26,34H,4,6,12-16H2,1-2H3,(H,35,37). The molecule has 2 aromatic heterocycles. The summed E-state index contributed by atoms with van der Waals surface area (Å²) >= 11 is 3.53. The SMILES string of the molecule is COCCCC(Nc1ccc2c(c1)Sc1cccc(-c3cc(N4CCOCC4)cc(=O)[nH]3)c1S2)c1ccc(C)cn1. The second kappa shape index (κ2) is 12.7. The molecule has 2 N–H and O–H groups in total. The smallest absolute Gasteiger partial charge is 0.250 e. The molecule has 6 rings (SSSR count). The molecule has 4 heterocycles. The van der Waals surface area contributed by atoms with Crippen molar-refractivity contribution in [2.24, 2.45) is 0 Å². The molecular weight excluding hydrogens is 553 g/mol. The van der Waals surface area contributed by atoms with Crippen molar-refractivity contribution in [1.82, 2.24) is 9.97 Å². The molecule has 1 saturated heterocycles. The fourth-order valence-corrected chi connectivity index (χ4v) is 7.61. The lowest BCUT2D eigenvalue weighted by atomic mass is 10.1. The first-order chi connectivity index (χ1) is 20.1. The van der Waals surface area contributed by atoms with E-state index >= 15 is 0 Å². The Balaban J connectivity index is 1.25. The van der Waals surface area contributed by atoms with E-state index in [-0.39, 0.29) is 11.6 Å². The summed E-state index contributed by atoms with van der Waals surface area (Å²) in [4.78, 5) is 27.5. The maximum absolute atomic E-state index is 12.7. The van der Waals surface area contributed by atoms with E-state index < -0.39 is 0 Å². The molecule has 1 fully saturated rings. The van der Waals surface area contributed by atoms with E-state index in [0.717, 1.165) is 66.4 Å². The van der Waals surface area contributed by atoms with E-state index in [9.17, 15) is 4.79 Å². The number of nitrogens with one attached hydrogen (secondary N) is 2. The number of hydrogen-bond acceptors (Lipinski definition) is 8. The summed E-state index contributed by atoms with van der Waals surface area (Å²) in [6.45, 7) is 5.72. The van der Waals surface area contributed by atoms with Crippen molar-refractivity contribution in [2.75, 3.05) is 50.2 Å². The van der Waals surface area contributed by atoms with Crippen LogP contribution in [0, 0.1) is 6.92 Å². The molecular formula is C32H34N4O3S2. The van der Waals surface area contributed by atoms with Crippen LogP contribution in [0.15, 0.2) is 91.2 Å². The quantitative estimate of drug-likeness (QED) is 0.183. The Morgan fingerprint density at radius 2 is 1.93 bits per heavy atom. The van der Waals surface area contributed by atoms with Gasteiger partial charge in [-0.3, -0.25) is 9.78 Å². The summed E-state index contributed by atoms with van der Waals surface area (Å²) in [5, 5.41) is 3.73. The molecule has 212 valence electrons. The minimum Gasteiger partial charge on any atom is -0.385 e. The number of aryl methyl sites for hydroxylation is 1.